The first kappa shape index (κ1) is 15.8. The van der Waals surface area contributed by atoms with E-state index in [9.17, 15) is 0 Å². The molecule has 0 amide bonds. The van der Waals surface area contributed by atoms with Crippen molar-refractivity contribution < 1.29 is 18.9 Å². The standard InChI is InChI=1S/C12H26N2O4/c1-12(10-16-7-3-5-14)17-9-11(18-12)8-15-6-2-4-13/h11H,2-10,13-14H2,1H3. The van der Waals surface area contributed by atoms with Gasteiger partial charge in [0.15, 0.2) is 5.79 Å². The van der Waals surface area contributed by atoms with Crippen molar-refractivity contribution >= 4 is 0 Å². The molecule has 6 nitrogen and oxygen atoms in total. The van der Waals surface area contributed by atoms with Crippen molar-refractivity contribution in [2.24, 2.45) is 11.5 Å². The molecule has 1 saturated heterocycles. The Balaban J connectivity index is 2.10. The van der Waals surface area contributed by atoms with Gasteiger partial charge in [0.1, 0.15) is 12.7 Å². The van der Waals surface area contributed by atoms with Crippen LogP contribution in [0.15, 0.2) is 0 Å². The average Bonchev–Trinajstić information content (AvgIpc) is 2.73. The lowest BCUT2D eigenvalue weighted by atomic mass is 10.3. The molecule has 4 N–H and O–H groups in total. The zero-order valence-corrected chi connectivity index (χ0v) is 11.2. The number of rotatable bonds is 10. The highest BCUT2D eigenvalue weighted by atomic mass is 16.8. The lowest BCUT2D eigenvalue weighted by Gasteiger charge is -2.23. The van der Waals surface area contributed by atoms with Crippen LogP contribution in [0.1, 0.15) is 19.8 Å². The van der Waals surface area contributed by atoms with Gasteiger partial charge in [-0.1, -0.05) is 0 Å². The maximum atomic E-state index is 5.77. The Bertz CT molecular complexity index is 218. The van der Waals surface area contributed by atoms with Gasteiger partial charge in [-0.05, 0) is 32.9 Å². The van der Waals surface area contributed by atoms with E-state index in [-0.39, 0.29) is 6.10 Å². The summed E-state index contributed by atoms with van der Waals surface area (Å²) < 4.78 is 22.3. The Hall–Kier alpha value is -0.240. The zero-order valence-electron chi connectivity index (χ0n) is 11.2. The van der Waals surface area contributed by atoms with Gasteiger partial charge in [-0.2, -0.15) is 0 Å². The largest absolute Gasteiger partial charge is 0.379 e. The zero-order chi connectivity index (χ0) is 13.3. The van der Waals surface area contributed by atoms with Gasteiger partial charge >= 0.3 is 0 Å². The Morgan fingerprint density at radius 3 is 2.50 bits per heavy atom. The molecule has 0 spiro atoms. The third-order valence-electron chi connectivity index (χ3n) is 2.64. The summed E-state index contributed by atoms with van der Waals surface area (Å²) >= 11 is 0. The predicted molar refractivity (Wildman–Crippen MR) is 68.2 cm³/mol. The van der Waals surface area contributed by atoms with Crippen LogP contribution in [-0.4, -0.2) is 58.0 Å². The van der Waals surface area contributed by atoms with E-state index in [0.29, 0.717) is 46.1 Å². The Morgan fingerprint density at radius 1 is 1.17 bits per heavy atom. The van der Waals surface area contributed by atoms with Crippen LogP contribution in [0.25, 0.3) is 0 Å². The highest BCUT2D eigenvalue weighted by molar-refractivity contribution is 4.74. The van der Waals surface area contributed by atoms with E-state index < -0.39 is 5.79 Å². The van der Waals surface area contributed by atoms with E-state index >= 15 is 0 Å². The van der Waals surface area contributed by atoms with Crippen molar-refractivity contribution in [3.05, 3.63) is 0 Å². The van der Waals surface area contributed by atoms with Crippen molar-refractivity contribution in [2.75, 3.05) is 46.1 Å². The van der Waals surface area contributed by atoms with Crippen LogP contribution in [0.5, 0.6) is 0 Å². The first-order valence-electron chi connectivity index (χ1n) is 6.57. The first-order valence-corrected chi connectivity index (χ1v) is 6.57. The molecular weight excluding hydrogens is 236 g/mol. The van der Waals surface area contributed by atoms with Gasteiger partial charge in [-0.25, -0.2) is 0 Å². The fraction of sp³-hybridized carbons (Fsp3) is 1.00. The molecule has 2 atom stereocenters. The summed E-state index contributed by atoms with van der Waals surface area (Å²) in [6.07, 6.45) is 1.69. The first-order chi connectivity index (χ1) is 8.70. The molecule has 0 aromatic heterocycles. The summed E-state index contributed by atoms with van der Waals surface area (Å²) in [7, 11) is 0. The van der Waals surface area contributed by atoms with E-state index in [1.165, 1.54) is 0 Å². The van der Waals surface area contributed by atoms with E-state index in [1.807, 2.05) is 6.92 Å². The molecule has 18 heavy (non-hydrogen) atoms. The fourth-order valence-electron chi connectivity index (χ4n) is 1.69. The molecule has 0 aromatic rings. The smallest absolute Gasteiger partial charge is 0.189 e. The van der Waals surface area contributed by atoms with E-state index in [1.54, 1.807) is 0 Å². The second-order valence-corrected chi connectivity index (χ2v) is 4.60. The number of hydrogen-bond acceptors (Lipinski definition) is 6. The van der Waals surface area contributed by atoms with Crippen LogP contribution < -0.4 is 11.5 Å². The maximum absolute atomic E-state index is 5.77. The van der Waals surface area contributed by atoms with Gasteiger partial charge in [0.05, 0.1) is 13.2 Å². The minimum absolute atomic E-state index is 0.0223. The molecule has 1 aliphatic heterocycles. The predicted octanol–water partition coefficient (Wildman–Crippen LogP) is -0.151. The molecule has 108 valence electrons. The molecule has 1 fully saturated rings. The van der Waals surface area contributed by atoms with Gasteiger partial charge in [0.25, 0.3) is 0 Å². The van der Waals surface area contributed by atoms with E-state index in [2.05, 4.69) is 0 Å². The second-order valence-electron chi connectivity index (χ2n) is 4.60. The summed E-state index contributed by atoms with van der Waals surface area (Å²) in [4.78, 5) is 0. The van der Waals surface area contributed by atoms with Gasteiger partial charge in [0.2, 0.25) is 0 Å². The van der Waals surface area contributed by atoms with Crippen LogP contribution in [-0.2, 0) is 18.9 Å². The molecule has 1 heterocycles. The van der Waals surface area contributed by atoms with Crippen molar-refractivity contribution in [1.29, 1.82) is 0 Å². The molecule has 0 saturated carbocycles. The summed E-state index contributed by atoms with van der Waals surface area (Å²) in [5.74, 6) is -0.656. The van der Waals surface area contributed by atoms with Crippen molar-refractivity contribution in [3.8, 4) is 0 Å². The van der Waals surface area contributed by atoms with Gasteiger partial charge < -0.3 is 30.4 Å². The van der Waals surface area contributed by atoms with Crippen LogP contribution in [0.4, 0.5) is 0 Å². The fourth-order valence-corrected chi connectivity index (χ4v) is 1.69. The van der Waals surface area contributed by atoms with Gasteiger partial charge in [-0.3, -0.25) is 0 Å². The van der Waals surface area contributed by atoms with Crippen molar-refractivity contribution in [3.63, 3.8) is 0 Å². The minimum Gasteiger partial charge on any atom is -0.379 e. The number of hydrogen-bond donors (Lipinski definition) is 2. The summed E-state index contributed by atoms with van der Waals surface area (Å²) in [6.45, 7) is 5.97. The van der Waals surface area contributed by atoms with Crippen molar-refractivity contribution in [2.45, 2.75) is 31.7 Å². The highest BCUT2D eigenvalue weighted by Gasteiger charge is 2.37. The minimum atomic E-state index is -0.656. The van der Waals surface area contributed by atoms with Crippen LogP contribution >= 0.6 is 0 Å². The molecule has 6 heteroatoms. The highest BCUT2D eigenvalue weighted by Crippen LogP contribution is 2.23. The average molecular weight is 262 g/mol. The monoisotopic (exact) mass is 262 g/mol. The van der Waals surface area contributed by atoms with Crippen LogP contribution in [0, 0.1) is 0 Å². The van der Waals surface area contributed by atoms with Gasteiger partial charge in [0, 0.05) is 13.2 Å². The van der Waals surface area contributed by atoms with E-state index in [4.69, 9.17) is 30.4 Å². The number of ether oxygens (including phenoxy) is 4. The Labute approximate surface area is 109 Å². The molecule has 1 aliphatic rings. The lowest BCUT2D eigenvalue weighted by molar-refractivity contribution is -0.193. The SMILES string of the molecule is CC1(COCCCN)OCC(COCCCN)O1. The molecule has 0 aromatic carbocycles. The number of nitrogens with two attached hydrogens (primary N) is 2. The molecule has 0 radical (unpaired) electrons. The quantitative estimate of drug-likeness (QED) is 0.532. The van der Waals surface area contributed by atoms with Crippen molar-refractivity contribution in [1.82, 2.24) is 0 Å². The topological polar surface area (TPSA) is 89.0 Å². The summed E-state index contributed by atoms with van der Waals surface area (Å²) in [6, 6.07) is 0. The lowest BCUT2D eigenvalue weighted by Crippen LogP contribution is -2.34. The third kappa shape index (κ3) is 6.08. The molecule has 0 bridgehead atoms. The Morgan fingerprint density at radius 2 is 1.83 bits per heavy atom. The Kier molecular flexibility index (Phi) is 7.73. The second kappa shape index (κ2) is 8.79. The molecular formula is C12H26N2O4. The third-order valence-corrected chi connectivity index (χ3v) is 2.64. The van der Waals surface area contributed by atoms with Crippen LogP contribution in [0.3, 0.4) is 0 Å². The van der Waals surface area contributed by atoms with E-state index in [0.717, 1.165) is 12.8 Å². The van der Waals surface area contributed by atoms with Gasteiger partial charge in [-0.15, -0.1) is 0 Å². The summed E-state index contributed by atoms with van der Waals surface area (Å²) in [5.41, 5.74) is 10.8. The molecule has 0 aliphatic carbocycles. The molecule has 1 rings (SSSR count). The maximum Gasteiger partial charge on any atom is 0.189 e. The normalized spacial score (nSPS) is 27.8. The van der Waals surface area contributed by atoms with Crippen LogP contribution in [0.2, 0.25) is 0 Å². The molecule has 2 unspecified atom stereocenters. The summed E-state index contributed by atoms with van der Waals surface area (Å²) in [5, 5.41) is 0.